The van der Waals surface area contributed by atoms with Crippen LogP contribution in [0, 0.1) is 4.78 Å². The molecule has 0 spiro atoms. The number of rotatable bonds is 5. The van der Waals surface area contributed by atoms with Crippen molar-refractivity contribution in [2.75, 3.05) is 5.32 Å². The van der Waals surface area contributed by atoms with Gasteiger partial charge in [-0.3, -0.25) is 14.6 Å². The van der Waals surface area contributed by atoms with Gasteiger partial charge in [-0.25, -0.2) is 13.5 Å². The lowest BCUT2D eigenvalue weighted by Gasteiger charge is -2.15. The molecule has 2 aromatic rings. The van der Waals surface area contributed by atoms with Gasteiger partial charge in [0.1, 0.15) is 11.4 Å². The average Bonchev–Trinajstić information content (AvgIpc) is 2.88. The number of aryl methyl sites for hydroxylation is 1. The molecular weight excluding hydrogens is 372 g/mol. The van der Waals surface area contributed by atoms with Gasteiger partial charge in [0.25, 0.3) is 12.3 Å². The highest BCUT2D eigenvalue weighted by Gasteiger charge is 2.26. The van der Waals surface area contributed by atoms with Gasteiger partial charge in [-0.2, -0.15) is 0 Å². The average molecular weight is 395 g/mol. The van der Waals surface area contributed by atoms with E-state index in [4.69, 9.17) is 4.78 Å². The minimum absolute atomic E-state index is 0.262. The van der Waals surface area contributed by atoms with Gasteiger partial charge in [-0.15, -0.1) is 0 Å². The third-order valence-electron chi connectivity index (χ3n) is 4.61. The molecule has 0 saturated heterocycles. The predicted molar refractivity (Wildman–Crippen MR) is 101 cm³/mol. The molecule has 0 bridgehead atoms. The van der Waals surface area contributed by atoms with Gasteiger partial charge in [0.15, 0.2) is 0 Å². The molecule has 0 radical (unpaired) electrons. The maximum Gasteiger partial charge on any atom is 0.280 e. The number of nitrogens with zero attached hydrogens (tertiary/aromatic N) is 2. The molecule has 3 heterocycles. The molecule has 0 aliphatic carbocycles. The predicted octanol–water partition coefficient (Wildman–Crippen LogP) is 3.97. The first-order chi connectivity index (χ1) is 12.9. The van der Waals surface area contributed by atoms with Crippen molar-refractivity contribution >= 4 is 22.5 Å². The minimum Gasteiger partial charge on any atom is -0.345 e. The van der Waals surface area contributed by atoms with Crippen LogP contribution in [0.15, 0.2) is 29.4 Å². The summed E-state index contributed by atoms with van der Waals surface area (Å²) in [5.41, 5.74) is 1.24. The van der Waals surface area contributed by atoms with E-state index in [0.717, 1.165) is 29.7 Å². The van der Waals surface area contributed by atoms with Crippen LogP contribution in [-0.4, -0.2) is 21.5 Å². The number of aromatic nitrogens is 2. The van der Waals surface area contributed by atoms with E-state index >= 15 is 0 Å². The van der Waals surface area contributed by atoms with Crippen LogP contribution >= 0.6 is 0 Å². The summed E-state index contributed by atoms with van der Waals surface area (Å²) >= 11 is 0. The quantitative estimate of drug-likeness (QED) is 0.716. The number of amides is 1. The SMILES string of the molecule is CCCC1CCc2c(cn(C)c2C(=O)Nc2ccnc(C(F)F)c2)S(=N)N1. The Hall–Kier alpha value is -2.13. The molecule has 2 unspecified atom stereocenters. The molecule has 0 aromatic carbocycles. The Morgan fingerprint density at radius 2 is 2.33 bits per heavy atom. The van der Waals surface area contributed by atoms with Crippen molar-refractivity contribution in [2.45, 2.75) is 50.0 Å². The van der Waals surface area contributed by atoms with E-state index in [0.29, 0.717) is 12.1 Å². The van der Waals surface area contributed by atoms with Gasteiger partial charge in [0, 0.05) is 31.2 Å². The highest BCUT2D eigenvalue weighted by atomic mass is 32.2. The van der Waals surface area contributed by atoms with E-state index in [2.05, 4.69) is 21.9 Å². The molecule has 146 valence electrons. The van der Waals surface area contributed by atoms with Gasteiger partial charge in [-0.05, 0) is 47.8 Å². The Labute approximate surface area is 159 Å². The highest BCUT2D eigenvalue weighted by Crippen LogP contribution is 2.27. The van der Waals surface area contributed by atoms with Crippen LogP contribution in [0.3, 0.4) is 0 Å². The Morgan fingerprint density at radius 3 is 3.04 bits per heavy atom. The van der Waals surface area contributed by atoms with Crippen molar-refractivity contribution < 1.29 is 13.6 Å². The second-order valence-corrected chi connectivity index (χ2v) is 7.89. The van der Waals surface area contributed by atoms with Crippen LogP contribution in [0.1, 0.15) is 54.4 Å². The zero-order chi connectivity index (χ0) is 19.6. The summed E-state index contributed by atoms with van der Waals surface area (Å²) in [4.78, 5) is 17.3. The maximum atomic E-state index is 12.9. The van der Waals surface area contributed by atoms with Crippen LogP contribution in [0.2, 0.25) is 0 Å². The van der Waals surface area contributed by atoms with E-state index in [1.165, 1.54) is 18.3 Å². The second-order valence-electron chi connectivity index (χ2n) is 6.60. The number of alkyl halides is 2. The monoisotopic (exact) mass is 395 g/mol. The fraction of sp³-hybridized carbons (Fsp3) is 0.444. The number of halogens is 2. The van der Waals surface area contributed by atoms with Crippen molar-refractivity contribution in [2.24, 2.45) is 7.05 Å². The molecule has 2 aromatic heterocycles. The molecule has 0 fully saturated rings. The van der Waals surface area contributed by atoms with E-state index in [1.807, 2.05) is 6.20 Å². The molecular formula is C18H23F2N5OS. The second kappa shape index (κ2) is 8.26. The summed E-state index contributed by atoms with van der Waals surface area (Å²) in [6, 6.07) is 2.93. The normalized spacial score (nSPS) is 19.6. The third-order valence-corrected chi connectivity index (χ3v) is 5.97. The van der Waals surface area contributed by atoms with E-state index in [9.17, 15) is 13.6 Å². The summed E-state index contributed by atoms with van der Waals surface area (Å²) in [5, 5.41) is 2.69. The highest BCUT2D eigenvalue weighted by molar-refractivity contribution is 7.84. The van der Waals surface area contributed by atoms with Crippen LogP contribution in [0.25, 0.3) is 0 Å². The lowest BCUT2D eigenvalue weighted by molar-refractivity contribution is 0.101. The van der Waals surface area contributed by atoms with E-state index in [-0.39, 0.29) is 23.3 Å². The van der Waals surface area contributed by atoms with Crippen molar-refractivity contribution in [1.82, 2.24) is 14.3 Å². The number of fused-ring (bicyclic) bond motifs is 1. The Bertz CT molecular complexity index is 867. The molecule has 0 saturated carbocycles. The summed E-state index contributed by atoms with van der Waals surface area (Å²) in [5.74, 6) is -0.365. The summed E-state index contributed by atoms with van der Waals surface area (Å²) in [6.07, 6.45) is 3.97. The maximum absolute atomic E-state index is 12.9. The topological polar surface area (TPSA) is 82.8 Å². The van der Waals surface area contributed by atoms with Crippen molar-refractivity contribution in [3.05, 3.63) is 41.5 Å². The largest absolute Gasteiger partial charge is 0.345 e. The lowest BCUT2D eigenvalue weighted by Crippen LogP contribution is -2.28. The van der Waals surface area contributed by atoms with Gasteiger partial charge in [0.2, 0.25) is 0 Å². The molecule has 1 aliphatic heterocycles. The van der Waals surface area contributed by atoms with Crippen LogP contribution in [0.5, 0.6) is 0 Å². The summed E-state index contributed by atoms with van der Waals surface area (Å²) < 4.78 is 39.1. The fourth-order valence-corrected chi connectivity index (χ4v) is 4.76. The number of carbonyl (C=O) groups excluding carboxylic acids is 1. The number of hydrogen-bond donors (Lipinski definition) is 3. The molecule has 3 rings (SSSR count). The summed E-state index contributed by atoms with van der Waals surface area (Å²) in [6.45, 7) is 2.11. The van der Waals surface area contributed by atoms with Crippen molar-refractivity contribution in [3.8, 4) is 0 Å². The molecule has 6 nitrogen and oxygen atoms in total. The third kappa shape index (κ3) is 4.24. The number of carbonyl (C=O) groups is 1. The molecule has 9 heteroatoms. The van der Waals surface area contributed by atoms with E-state index in [1.54, 1.807) is 11.6 Å². The molecule has 27 heavy (non-hydrogen) atoms. The Kier molecular flexibility index (Phi) is 6.01. The van der Waals surface area contributed by atoms with Crippen LogP contribution in [-0.2, 0) is 24.3 Å². The van der Waals surface area contributed by atoms with Gasteiger partial charge >= 0.3 is 0 Å². The van der Waals surface area contributed by atoms with Crippen molar-refractivity contribution in [1.29, 1.82) is 4.78 Å². The Balaban J connectivity index is 1.87. The molecule has 2 atom stereocenters. The number of nitrogens with one attached hydrogen (secondary N) is 3. The molecule has 3 N–H and O–H groups in total. The zero-order valence-corrected chi connectivity index (χ0v) is 16.1. The van der Waals surface area contributed by atoms with Gasteiger partial charge < -0.3 is 9.88 Å². The molecule has 1 amide bonds. The number of pyridine rings is 1. The van der Waals surface area contributed by atoms with E-state index < -0.39 is 17.3 Å². The summed E-state index contributed by atoms with van der Waals surface area (Å²) in [7, 11) is 0.879. The lowest BCUT2D eigenvalue weighted by atomic mass is 10.0. The first-order valence-corrected chi connectivity index (χ1v) is 10.1. The number of anilines is 1. The Morgan fingerprint density at radius 1 is 1.56 bits per heavy atom. The standard InChI is InChI=1S/C18H23F2N5OS/c1-3-4-11-5-6-13-15(27(21)24-11)10-25(2)16(13)18(26)23-12-7-8-22-14(9-12)17(19)20/h7-11,17H,3-6H2,1-2H3,(H2,21,24)(H,22,23,26). The van der Waals surface area contributed by atoms with Crippen LogP contribution in [0.4, 0.5) is 14.5 Å². The van der Waals surface area contributed by atoms with Gasteiger partial charge in [-0.1, -0.05) is 13.3 Å². The molecule has 1 aliphatic rings. The fourth-order valence-electron chi connectivity index (χ4n) is 3.36. The van der Waals surface area contributed by atoms with Crippen LogP contribution < -0.4 is 10.0 Å². The smallest absolute Gasteiger partial charge is 0.280 e. The van der Waals surface area contributed by atoms with Gasteiger partial charge in [0.05, 0.1) is 4.90 Å². The zero-order valence-electron chi connectivity index (χ0n) is 15.3. The number of hydrogen-bond acceptors (Lipinski definition) is 3. The van der Waals surface area contributed by atoms with Crippen molar-refractivity contribution in [3.63, 3.8) is 0 Å². The minimum atomic E-state index is -2.69. The first kappa shape index (κ1) is 19.6. The first-order valence-electron chi connectivity index (χ1n) is 8.86.